The average molecular weight is 353 g/mol. The molecule has 2 amide bonds. The van der Waals surface area contributed by atoms with E-state index in [4.69, 9.17) is 9.47 Å². The van der Waals surface area contributed by atoms with Crippen LogP contribution < -0.4 is 9.80 Å². The van der Waals surface area contributed by atoms with E-state index in [0.29, 0.717) is 57.4 Å². The third-order valence-electron chi connectivity index (χ3n) is 4.14. The lowest BCUT2D eigenvalue weighted by molar-refractivity contribution is 0.0665. The van der Waals surface area contributed by atoms with Gasteiger partial charge in [-0.25, -0.2) is 9.18 Å². The van der Waals surface area contributed by atoms with Crippen molar-refractivity contribution in [1.82, 2.24) is 4.90 Å². The van der Waals surface area contributed by atoms with Gasteiger partial charge in [-0.1, -0.05) is 13.8 Å². The van der Waals surface area contributed by atoms with Gasteiger partial charge in [0.25, 0.3) is 0 Å². The molecule has 2 heterocycles. The highest BCUT2D eigenvalue weighted by Gasteiger charge is 2.30. The van der Waals surface area contributed by atoms with Gasteiger partial charge in [-0.2, -0.15) is 0 Å². The van der Waals surface area contributed by atoms with Crippen LogP contribution >= 0.6 is 0 Å². The van der Waals surface area contributed by atoms with E-state index in [9.17, 15) is 9.18 Å². The van der Waals surface area contributed by atoms with Crippen molar-refractivity contribution in [2.24, 2.45) is 0 Å². The Kier molecular flexibility index (Phi) is 7.46. The number of urea groups is 1. The number of hydrogen-bond acceptors (Lipinski definition) is 4. The summed E-state index contributed by atoms with van der Waals surface area (Å²) < 4.78 is 25.0. The van der Waals surface area contributed by atoms with Crippen LogP contribution in [0.1, 0.15) is 20.8 Å². The van der Waals surface area contributed by atoms with Crippen LogP contribution in [-0.2, 0) is 9.47 Å². The SMILES string of the molecule is CC.CCOCN1CCN(c2ccc(N3CCOCC3)c(F)c2)C1=O. The molecular formula is C18H28FN3O3. The molecule has 1 aromatic rings. The monoisotopic (exact) mass is 353 g/mol. The summed E-state index contributed by atoms with van der Waals surface area (Å²) in [6.07, 6.45) is 0. The number of amides is 2. The summed E-state index contributed by atoms with van der Waals surface area (Å²) in [5, 5.41) is 0. The molecule has 6 nitrogen and oxygen atoms in total. The van der Waals surface area contributed by atoms with Crippen molar-refractivity contribution in [3.05, 3.63) is 24.0 Å². The Morgan fingerprint density at radius 1 is 1.16 bits per heavy atom. The predicted octanol–water partition coefficient (Wildman–Crippen LogP) is 2.92. The topological polar surface area (TPSA) is 45.2 Å². The molecule has 2 aliphatic heterocycles. The maximum atomic E-state index is 14.5. The van der Waals surface area contributed by atoms with E-state index in [1.54, 1.807) is 21.9 Å². The number of morpholine rings is 1. The predicted molar refractivity (Wildman–Crippen MR) is 96.7 cm³/mol. The van der Waals surface area contributed by atoms with Crippen LogP contribution in [0.5, 0.6) is 0 Å². The third kappa shape index (κ3) is 4.61. The van der Waals surface area contributed by atoms with E-state index >= 15 is 0 Å². The van der Waals surface area contributed by atoms with Gasteiger partial charge in [-0.05, 0) is 25.1 Å². The molecule has 0 spiro atoms. The lowest BCUT2D eigenvalue weighted by atomic mass is 10.2. The summed E-state index contributed by atoms with van der Waals surface area (Å²) in [5.74, 6) is -0.305. The quantitative estimate of drug-likeness (QED) is 0.816. The van der Waals surface area contributed by atoms with Gasteiger partial charge in [0.15, 0.2) is 0 Å². The summed E-state index contributed by atoms with van der Waals surface area (Å²) in [6, 6.07) is 4.84. The molecule has 0 saturated carbocycles. The maximum absolute atomic E-state index is 14.5. The average Bonchev–Trinajstić information content (AvgIpc) is 3.03. The molecule has 3 rings (SSSR count). The number of ether oxygens (including phenoxy) is 2. The highest BCUT2D eigenvalue weighted by molar-refractivity contribution is 5.94. The van der Waals surface area contributed by atoms with Gasteiger partial charge >= 0.3 is 6.03 Å². The van der Waals surface area contributed by atoms with Crippen LogP contribution in [0.4, 0.5) is 20.6 Å². The third-order valence-corrected chi connectivity index (χ3v) is 4.14. The van der Waals surface area contributed by atoms with Gasteiger partial charge in [0.2, 0.25) is 0 Å². The van der Waals surface area contributed by atoms with Gasteiger partial charge < -0.3 is 14.4 Å². The summed E-state index contributed by atoms with van der Waals surface area (Å²) in [4.78, 5) is 17.5. The van der Waals surface area contributed by atoms with Gasteiger partial charge in [0.05, 0.1) is 18.9 Å². The number of carbonyl (C=O) groups excluding carboxylic acids is 1. The second-order valence-corrected chi connectivity index (χ2v) is 5.55. The first-order valence-corrected chi connectivity index (χ1v) is 8.97. The summed E-state index contributed by atoms with van der Waals surface area (Å²) >= 11 is 0. The Hall–Kier alpha value is -1.86. The fraction of sp³-hybridized carbons (Fsp3) is 0.611. The van der Waals surface area contributed by atoms with Gasteiger partial charge in [0.1, 0.15) is 12.5 Å². The second kappa shape index (κ2) is 9.58. The van der Waals surface area contributed by atoms with E-state index in [2.05, 4.69) is 0 Å². The molecule has 2 fully saturated rings. The van der Waals surface area contributed by atoms with Crippen LogP contribution in [0, 0.1) is 5.82 Å². The highest BCUT2D eigenvalue weighted by atomic mass is 19.1. The Balaban J connectivity index is 0.00000109. The zero-order valence-corrected chi connectivity index (χ0v) is 15.3. The molecule has 0 atom stereocenters. The van der Waals surface area contributed by atoms with Gasteiger partial charge in [-0.3, -0.25) is 9.80 Å². The molecule has 0 unspecified atom stereocenters. The number of halogens is 1. The summed E-state index contributed by atoms with van der Waals surface area (Å²) in [7, 11) is 0. The Morgan fingerprint density at radius 3 is 2.52 bits per heavy atom. The number of carbonyl (C=O) groups is 1. The molecule has 2 aliphatic rings. The van der Waals surface area contributed by atoms with Crippen molar-refractivity contribution in [2.45, 2.75) is 20.8 Å². The largest absolute Gasteiger partial charge is 0.378 e. The number of benzene rings is 1. The van der Waals surface area contributed by atoms with Crippen LogP contribution in [0.3, 0.4) is 0 Å². The van der Waals surface area contributed by atoms with Gasteiger partial charge in [-0.15, -0.1) is 0 Å². The zero-order valence-electron chi connectivity index (χ0n) is 15.3. The minimum atomic E-state index is -0.305. The van der Waals surface area contributed by atoms with Crippen LogP contribution in [0.15, 0.2) is 18.2 Å². The van der Waals surface area contributed by atoms with Crippen molar-refractivity contribution in [3.8, 4) is 0 Å². The Labute approximate surface area is 149 Å². The molecule has 7 heteroatoms. The standard InChI is InChI=1S/C16H22FN3O3.C2H6/c1-2-22-12-19-5-6-20(16(19)21)13-3-4-15(14(17)11-13)18-7-9-23-10-8-18;1-2/h3-4,11H,2,5-10,12H2,1H3;1-2H3. The zero-order chi connectivity index (χ0) is 18.2. The molecular weight excluding hydrogens is 325 g/mol. The number of anilines is 2. The molecule has 1 aromatic carbocycles. The van der Waals surface area contributed by atoms with E-state index in [0.717, 1.165) is 0 Å². The van der Waals surface area contributed by atoms with Crippen molar-refractivity contribution in [3.63, 3.8) is 0 Å². The maximum Gasteiger partial charge on any atom is 0.326 e. The normalized spacial score (nSPS) is 17.6. The van der Waals surface area contributed by atoms with Crippen LogP contribution in [-0.4, -0.2) is 63.7 Å². The molecule has 25 heavy (non-hydrogen) atoms. The van der Waals surface area contributed by atoms with E-state index in [1.807, 2.05) is 25.7 Å². The molecule has 140 valence electrons. The first kappa shape index (κ1) is 19.5. The smallest absolute Gasteiger partial charge is 0.326 e. The first-order valence-electron chi connectivity index (χ1n) is 8.97. The molecule has 0 radical (unpaired) electrons. The minimum absolute atomic E-state index is 0.142. The minimum Gasteiger partial charge on any atom is -0.378 e. The van der Waals surface area contributed by atoms with E-state index in [-0.39, 0.29) is 18.6 Å². The van der Waals surface area contributed by atoms with Crippen molar-refractivity contribution in [1.29, 1.82) is 0 Å². The highest BCUT2D eigenvalue weighted by Crippen LogP contribution is 2.27. The number of hydrogen-bond donors (Lipinski definition) is 0. The lowest BCUT2D eigenvalue weighted by Gasteiger charge is -2.29. The molecule has 0 N–H and O–H groups in total. The molecule has 2 saturated heterocycles. The van der Waals surface area contributed by atoms with Crippen molar-refractivity contribution in [2.75, 3.05) is 62.5 Å². The van der Waals surface area contributed by atoms with Crippen molar-refractivity contribution < 1.29 is 18.7 Å². The van der Waals surface area contributed by atoms with E-state index < -0.39 is 0 Å². The molecule has 0 aromatic heterocycles. The first-order chi connectivity index (χ1) is 12.2. The molecule has 0 aliphatic carbocycles. The van der Waals surface area contributed by atoms with E-state index in [1.165, 1.54) is 6.07 Å². The van der Waals surface area contributed by atoms with Gasteiger partial charge in [0, 0.05) is 38.5 Å². The summed E-state index contributed by atoms with van der Waals surface area (Å²) in [5.41, 5.74) is 1.15. The Bertz CT molecular complexity index is 564. The molecule has 0 bridgehead atoms. The second-order valence-electron chi connectivity index (χ2n) is 5.55. The lowest BCUT2D eigenvalue weighted by Crippen LogP contribution is -2.37. The summed E-state index contributed by atoms with van der Waals surface area (Å²) in [6.45, 7) is 10.4. The fourth-order valence-corrected chi connectivity index (χ4v) is 2.87. The number of nitrogens with zero attached hydrogens (tertiary/aromatic N) is 3. The fourth-order valence-electron chi connectivity index (χ4n) is 2.87. The Morgan fingerprint density at radius 2 is 1.88 bits per heavy atom. The number of rotatable bonds is 5. The van der Waals surface area contributed by atoms with Crippen LogP contribution in [0.2, 0.25) is 0 Å². The van der Waals surface area contributed by atoms with Crippen molar-refractivity contribution >= 4 is 17.4 Å². The van der Waals surface area contributed by atoms with Crippen LogP contribution in [0.25, 0.3) is 0 Å².